The fourth-order valence-corrected chi connectivity index (χ4v) is 2.84. The summed E-state index contributed by atoms with van der Waals surface area (Å²) in [6.45, 7) is 5.73. The molecule has 0 aromatic carbocycles. The van der Waals surface area contributed by atoms with Crippen molar-refractivity contribution in [1.29, 1.82) is 0 Å². The van der Waals surface area contributed by atoms with Crippen LogP contribution in [-0.2, 0) is 6.54 Å². The molecule has 3 rings (SSSR count). The topological polar surface area (TPSA) is 74.2 Å². The lowest BCUT2D eigenvalue weighted by Gasteiger charge is -2.31. The second kappa shape index (κ2) is 6.79. The van der Waals surface area contributed by atoms with E-state index in [9.17, 15) is 4.79 Å². The number of imidazole rings is 1. The molecule has 1 aliphatic rings. The number of carbonyl (C=O) groups is 1. The number of rotatable bonds is 5. The van der Waals surface area contributed by atoms with Gasteiger partial charge in [-0.05, 0) is 44.8 Å². The number of H-pyrrole nitrogens is 1. The summed E-state index contributed by atoms with van der Waals surface area (Å²) in [6, 6.07) is 1.68. The maximum Gasteiger partial charge on any atom is 0.254 e. The number of furan rings is 1. The number of nitrogens with zero attached hydrogens (tertiary/aromatic N) is 2. The number of aromatic nitrogens is 2. The zero-order valence-electron chi connectivity index (χ0n) is 12.8. The Balaban J connectivity index is 1.39. The van der Waals surface area contributed by atoms with Crippen LogP contribution in [0.5, 0.6) is 0 Å². The predicted octanol–water partition coefficient (Wildman–Crippen LogP) is 1.95. The van der Waals surface area contributed by atoms with Gasteiger partial charge in [-0.2, -0.15) is 0 Å². The number of hydrogen-bond donors (Lipinski definition) is 2. The van der Waals surface area contributed by atoms with Gasteiger partial charge in [0.25, 0.3) is 5.91 Å². The third-order valence-electron chi connectivity index (χ3n) is 4.17. The van der Waals surface area contributed by atoms with E-state index < -0.39 is 0 Å². The van der Waals surface area contributed by atoms with Crippen LogP contribution >= 0.6 is 0 Å². The fourth-order valence-electron chi connectivity index (χ4n) is 2.84. The summed E-state index contributed by atoms with van der Waals surface area (Å²) >= 11 is 0. The summed E-state index contributed by atoms with van der Waals surface area (Å²) in [5, 5.41) is 2.99. The fraction of sp³-hybridized carbons (Fsp3) is 0.500. The van der Waals surface area contributed by atoms with Crippen molar-refractivity contribution >= 4 is 5.91 Å². The average molecular weight is 302 g/mol. The Hall–Kier alpha value is -2.08. The highest BCUT2D eigenvalue weighted by molar-refractivity contribution is 5.93. The summed E-state index contributed by atoms with van der Waals surface area (Å²) in [6.07, 6.45) is 7.07. The Kier molecular flexibility index (Phi) is 4.58. The summed E-state index contributed by atoms with van der Waals surface area (Å²) < 4.78 is 4.92. The number of hydrogen-bond acceptors (Lipinski definition) is 4. The number of nitrogens with one attached hydrogen (secondary N) is 2. The molecule has 0 aliphatic carbocycles. The molecule has 1 amide bonds. The summed E-state index contributed by atoms with van der Waals surface area (Å²) in [5.74, 6) is 1.52. The number of aryl methyl sites for hydroxylation is 1. The van der Waals surface area contributed by atoms with E-state index in [0.717, 1.165) is 50.5 Å². The van der Waals surface area contributed by atoms with Crippen molar-refractivity contribution < 1.29 is 9.21 Å². The van der Waals surface area contributed by atoms with E-state index in [4.69, 9.17) is 4.42 Å². The van der Waals surface area contributed by atoms with E-state index in [1.54, 1.807) is 6.07 Å². The van der Waals surface area contributed by atoms with Crippen molar-refractivity contribution in [2.75, 3.05) is 19.6 Å². The van der Waals surface area contributed by atoms with E-state index in [1.165, 1.54) is 12.5 Å². The number of carbonyl (C=O) groups excluding carboxylic acids is 1. The maximum atomic E-state index is 11.9. The van der Waals surface area contributed by atoms with Crippen molar-refractivity contribution in [2.45, 2.75) is 26.3 Å². The van der Waals surface area contributed by atoms with Gasteiger partial charge in [-0.1, -0.05) is 0 Å². The molecule has 2 N–H and O–H groups in total. The van der Waals surface area contributed by atoms with Crippen molar-refractivity contribution in [3.05, 3.63) is 41.9 Å². The Morgan fingerprint density at radius 1 is 1.50 bits per heavy atom. The van der Waals surface area contributed by atoms with Crippen molar-refractivity contribution in [3.63, 3.8) is 0 Å². The SMILES string of the molecule is Cc1cnc(CN2CCC(CNC(=O)c3ccoc3)CC2)[nH]1. The van der Waals surface area contributed by atoms with Crippen LogP contribution < -0.4 is 5.32 Å². The molecule has 1 saturated heterocycles. The summed E-state index contributed by atoms with van der Waals surface area (Å²) in [5.41, 5.74) is 1.69. The second-order valence-electron chi connectivity index (χ2n) is 5.95. The molecule has 2 aromatic heterocycles. The molecular formula is C16H22N4O2. The minimum atomic E-state index is -0.0535. The van der Waals surface area contributed by atoms with Gasteiger partial charge in [-0.15, -0.1) is 0 Å². The van der Waals surface area contributed by atoms with Crippen molar-refractivity contribution in [2.24, 2.45) is 5.92 Å². The van der Waals surface area contributed by atoms with Crippen LogP contribution in [0.4, 0.5) is 0 Å². The normalized spacial score (nSPS) is 16.8. The van der Waals surface area contributed by atoms with Crippen LogP contribution in [0.15, 0.2) is 29.2 Å². The molecule has 6 nitrogen and oxygen atoms in total. The standard InChI is InChI=1S/C16H22N4O2/c1-12-8-17-15(19-12)10-20-5-2-13(3-6-20)9-18-16(21)14-4-7-22-11-14/h4,7-8,11,13H,2-3,5-6,9-10H2,1H3,(H,17,19)(H,18,21). The Morgan fingerprint density at radius 3 is 2.95 bits per heavy atom. The monoisotopic (exact) mass is 302 g/mol. The molecule has 3 heterocycles. The van der Waals surface area contributed by atoms with E-state index in [-0.39, 0.29) is 5.91 Å². The van der Waals surface area contributed by atoms with Gasteiger partial charge >= 0.3 is 0 Å². The Morgan fingerprint density at radius 2 is 2.32 bits per heavy atom. The molecule has 0 saturated carbocycles. The largest absolute Gasteiger partial charge is 0.472 e. The van der Waals surface area contributed by atoms with E-state index in [2.05, 4.69) is 20.2 Å². The van der Waals surface area contributed by atoms with Gasteiger partial charge in [-0.25, -0.2) is 4.98 Å². The van der Waals surface area contributed by atoms with E-state index in [1.807, 2.05) is 13.1 Å². The first kappa shape index (κ1) is 14.8. The molecular weight excluding hydrogens is 280 g/mol. The molecule has 0 atom stereocenters. The minimum Gasteiger partial charge on any atom is -0.472 e. The van der Waals surface area contributed by atoms with Gasteiger partial charge < -0.3 is 14.7 Å². The smallest absolute Gasteiger partial charge is 0.254 e. The highest BCUT2D eigenvalue weighted by Gasteiger charge is 2.20. The quantitative estimate of drug-likeness (QED) is 0.885. The van der Waals surface area contributed by atoms with Gasteiger partial charge in [0.2, 0.25) is 0 Å². The maximum absolute atomic E-state index is 11.9. The van der Waals surface area contributed by atoms with Gasteiger partial charge in [0.05, 0.1) is 18.4 Å². The predicted molar refractivity (Wildman–Crippen MR) is 82.4 cm³/mol. The average Bonchev–Trinajstić information content (AvgIpc) is 3.18. The number of likely N-dealkylation sites (tertiary alicyclic amines) is 1. The molecule has 1 aliphatic heterocycles. The molecule has 1 fully saturated rings. The molecule has 2 aromatic rings. The second-order valence-corrected chi connectivity index (χ2v) is 5.95. The number of amides is 1. The van der Waals surface area contributed by atoms with Crippen molar-refractivity contribution in [1.82, 2.24) is 20.2 Å². The number of piperidine rings is 1. The first-order valence-electron chi connectivity index (χ1n) is 7.74. The van der Waals surface area contributed by atoms with E-state index in [0.29, 0.717) is 11.5 Å². The molecule has 22 heavy (non-hydrogen) atoms. The molecule has 118 valence electrons. The lowest BCUT2D eigenvalue weighted by Crippen LogP contribution is -2.38. The van der Waals surface area contributed by atoms with Crippen LogP contribution in [0.25, 0.3) is 0 Å². The third-order valence-corrected chi connectivity index (χ3v) is 4.17. The minimum absolute atomic E-state index is 0.0535. The third kappa shape index (κ3) is 3.76. The lowest BCUT2D eigenvalue weighted by molar-refractivity contribution is 0.0934. The Labute approximate surface area is 129 Å². The van der Waals surface area contributed by atoms with Gasteiger partial charge in [0.15, 0.2) is 0 Å². The van der Waals surface area contributed by atoms with Crippen LogP contribution in [0.1, 0.15) is 34.7 Å². The van der Waals surface area contributed by atoms with Crippen LogP contribution in [-0.4, -0.2) is 40.4 Å². The Bertz CT molecular complexity index is 597. The molecule has 0 bridgehead atoms. The van der Waals surface area contributed by atoms with Crippen LogP contribution in [0.2, 0.25) is 0 Å². The van der Waals surface area contributed by atoms with Gasteiger partial charge in [0.1, 0.15) is 12.1 Å². The number of aromatic amines is 1. The van der Waals surface area contributed by atoms with Crippen LogP contribution in [0.3, 0.4) is 0 Å². The molecule has 0 radical (unpaired) electrons. The van der Waals surface area contributed by atoms with Gasteiger partial charge in [0, 0.05) is 18.4 Å². The van der Waals surface area contributed by atoms with Crippen molar-refractivity contribution in [3.8, 4) is 0 Å². The molecule has 6 heteroatoms. The highest BCUT2D eigenvalue weighted by Crippen LogP contribution is 2.18. The molecule has 0 unspecified atom stereocenters. The highest BCUT2D eigenvalue weighted by atomic mass is 16.3. The lowest BCUT2D eigenvalue weighted by atomic mass is 9.96. The zero-order valence-corrected chi connectivity index (χ0v) is 12.8. The van der Waals surface area contributed by atoms with Gasteiger partial charge in [-0.3, -0.25) is 9.69 Å². The first-order valence-corrected chi connectivity index (χ1v) is 7.74. The first-order chi connectivity index (χ1) is 10.7. The zero-order chi connectivity index (χ0) is 15.4. The molecule has 0 spiro atoms. The summed E-state index contributed by atoms with van der Waals surface area (Å²) in [4.78, 5) is 21.9. The van der Waals surface area contributed by atoms with Crippen LogP contribution in [0, 0.1) is 12.8 Å². The summed E-state index contributed by atoms with van der Waals surface area (Å²) in [7, 11) is 0. The van der Waals surface area contributed by atoms with E-state index >= 15 is 0 Å².